The van der Waals surface area contributed by atoms with E-state index in [-0.39, 0.29) is 5.91 Å². The number of rotatable bonds is 3. The number of carbonyl (C=O) groups is 1. The highest BCUT2D eigenvalue weighted by Crippen LogP contribution is 2.23. The summed E-state index contributed by atoms with van der Waals surface area (Å²) < 4.78 is 0. The van der Waals surface area contributed by atoms with E-state index in [4.69, 9.17) is 0 Å². The van der Waals surface area contributed by atoms with Crippen molar-refractivity contribution >= 4 is 22.9 Å². The molecule has 3 aromatic rings. The van der Waals surface area contributed by atoms with Crippen molar-refractivity contribution < 1.29 is 4.79 Å². The lowest BCUT2D eigenvalue weighted by atomic mass is 10.1. The van der Waals surface area contributed by atoms with Gasteiger partial charge < -0.3 is 10.6 Å². The number of anilines is 1. The van der Waals surface area contributed by atoms with E-state index in [1.807, 2.05) is 47.8 Å². The monoisotopic (exact) mass is 321 g/mol. The van der Waals surface area contributed by atoms with Crippen LogP contribution in [-0.2, 0) is 13.1 Å². The highest BCUT2D eigenvalue weighted by Gasteiger charge is 2.14. The Morgan fingerprint density at radius 3 is 2.78 bits per heavy atom. The summed E-state index contributed by atoms with van der Waals surface area (Å²) in [6.07, 6.45) is 0. The molecule has 1 amide bonds. The zero-order valence-corrected chi connectivity index (χ0v) is 13.2. The maximum atomic E-state index is 12.4. The summed E-state index contributed by atoms with van der Waals surface area (Å²) in [6, 6.07) is 15.9. The zero-order valence-electron chi connectivity index (χ0n) is 12.4. The van der Waals surface area contributed by atoms with Gasteiger partial charge in [0.25, 0.3) is 5.91 Å². The fraction of sp³-hybridized carbons (Fsp3) is 0.111. The van der Waals surface area contributed by atoms with Gasteiger partial charge in [-0.05, 0) is 23.3 Å². The average molecular weight is 321 g/mol. The first kappa shape index (κ1) is 14.1. The van der Waals surface area contributed by atoms with Crippen molar-refractivity contribution in [2.75, 3.05) is 5.32 Å². The third-order valence-electron chi connectivity index (χ3n) is 3.86. The fourth-order valence-electron chi connectivity index (χ4n) is 2.68. The minimum Gasteiger partial charge on any atom is -0.320 e. The molecule has 0 fully saturated rings. The van der Waals surface area contributed by atoms with Crippen LogP contribution < -0.4 is 10.6 Å². The summed E-state index contributed by atoms with van der Waals surface area (Å²) >= 11 is 1.36. The van der Waals surface area contributed by atoms with Gasteiger partial charge >= 0.3 is 0 Å². The Morgan fingerprint density at radius 1 is 1.09 bits per heavy atom. The van der Waals surface area contributed by atoms with Crippen molar-refractivity contribution in [2.45, 2.75) is 13.1 Å². The molecule has 114 valence electrons. The lowest BCUT2D eigenvalue weighted by Crippen LogP contribution is -2.11. The van der Waals surface area contributed by atoms with Gasteiger partial charge in [-0.3, -0.25) is 4.79 Å². The summed E-state index contributed by atoms with van der Waals surface area (Å²) in [7, 11) is 0. The maximum Gasteiger partial charge on any atom is 0.284 e. The Balaban J connectivity index is 1.52. The molecule has 1 aromatic heterocycles. The summed E-state index contributed by atoms with van der Waals surface area (Å²) in [5.41, 5.74) is 5.20. The van der Waals surface area contributed by atoms with Gasteiger partial charge in [0.15, 0.2) is 5.01 Å². The Morgan fingerprint density at radius 2 is 1.91 bits per heavy atom. The summed E-state index contributed by atoms with van der Waals surface area (Å²) in [6.45, 7) is 1.75. The van der Waals surface area contributed by atoms with Gasteiger partial charge in [0, 0.05) is 29.7 Å². The van der Waals surface area contributed by atoms with Crippen LogP contribution in [0.1, 0.15) is 20.9 Å². The number of carbonyl (C=O) groups excluding carboxylic acids is 1. The lowest BCUT2D eigenvalue weighted by Gasteiger charge is -2.05. The molecule has 2 N–H and O–H groups in total. The molecule has 4 nitrogen and oxygen atoms in total. The number of nitrogens with zero attached hydrogens (tertiary/aromatic N) is 1. The van der Waals surface area contributed by atoms with Gasteiger partial charge in [-0.25, -0.2) is 4.98 Å². The number of nitrogens with one attached hydrogen (secondary N) is 2. The Kier molecular flexibility index (Phi) is 3.65. The minimum absolute atomic E-state index is 0.164. The highest BCUT2D eigenvalue weighted by molar-refractivity contribution is 7.12. The highest BCUT2D eigenvalue weighted by atomic mass is 32.1. The Bertz CT molecular complexity index is 858. The van der Waals surface area contributed by atoms with Crippen LogP contribution >= 0.6 is 11.3 Å². The zero-order chi connectivity index (χ0) is 15.6. The Labute approximate surface area is 138 Å². The SMILES string of the molecule is O=C(Nc1ccc2c(c1)CNC2)c1nc(-c2ccccc2)cs1. The van der Waals surface area contributed by atoms with Crippen LogP contribution in [0.15, 0.2) is 53.9 Å². The number of fused-ring (bicyclic) bond motifs is 1. The van der Waals surface area contributed by atoms with Crippen LogP contribution in [0.25, 0.3) is 11.3 Å². The van der Waals surface area contributed by atoms with E-state index in [2.05, 4.69) is 21.7 Å². The van der Waals surface area contributed by atoms with Gasteiger partial charge in [-0.15, -0.1) is 11.3 Å². The van der Waals surface area contributed by atoms with Crippen molar-refractivity contribution in [1.29, 1.82) is 0 Å². The van der Waals surface area contributed by atoms with E-state index in [0.717, 1.165) is 30.0 Å². The first-order valence-corrected chi connectivity index (χ1v) is 8.32. The van der Waals surface area contributed by atoms with Crippen LogP contribution in [0.5, 0.6) is 0 Å². The van der Waals surface area contributed by atoms with Crippen molar-refractivity contribution in [2.24, 2.45) is 0 Å². The molecular weight excluding hydrogens is 306 g/mol. The van der Waals surface area contributed by atoms with Crippen molar-refractivity contribution in [3.63, 3.8) is 0 Å². The molecule has 0 saturated carbocycles. The molecule has 1 aliphatic heterocycles. The van der Waals surface area contributed by atoms with Crippen LogP contribution in [0.2, 0.25) is 0 Å². The van der Waals surface area contributed by atoms with E-state index in [1.165, 1.54) is 22.5 Å². The standard InChI is InChI=1S/C18H15N3OS/c22-17(20-15-7-6-13-9-19-10-14(13)8-15)18-21-16(11-23-18)12-4-2-1-3-5-12/h1-8,11,19H,9-10H2,(H,20,22). The molecule has 2 heterocycles. The van der Waals surface area contributed by atoms with Gasteiger partial charge in [-0.1, -0.05) is 36.4 Å². The predicted molar refractivity (Wildman–Crippen MR) is 92.5 cm³/mol. The topological polar surface area (TPSA) is 54.0 Å². The van der Waals surface area contributed by atoms with E-state index in [1.54, 1.807) is 0 Å². The molecule has 0 spiro atoms. The number of amides is 1. The molecule has 0 saturated heterocycles. The molecular formula is C18H15N3OS. The van der Waals surface area contributed by atoms with E-state index >= 15 is 0 Å². The predicted octanol–water partition coefficient (Wildman–Crippen LogP) is 3.67. The smallest absolute Gasteiger partial charge is 0.284 e. The number of benzene rings is 2. The molecule has 0 atom stereocenters. The molecule has 0 unspecified atom stereocenters. The quantitative estimate of drug-likeness (QED) is 0.774. The molecule has 0 aliphatic carbocycles. The summed E-state index contributed by atoms with van der Waals surface area (Å²) in [5.74, 6) is -0.164. The fourth-order valence-corrected chi connectivity index (χ4v) is 3.40. The van der Waals surface area contributed by atoms with Gasteiger partial charge in [-0.2, -0.15) is 0 Å². The van der Waals surface area contributed by atoms with Gasteiger partial charge in [0.1, 0.15) is 0 Å². The first-order valence-electron chi connectivity index (χ1n) is 7.44. The van der Waals surface area contributed by atoms with E-state index in [9.17, 15) is 4.79 Å². The summed E-state index contributed by atoms with van der Waals surface area (Å²) in [5, 5.41) is 8.62. The second kappa shape index (κ2) is 5.95. The lowest BCUT2D eigenvalue weighted by molar-refractivity contribution is 0.102. The van der Waals surface area contributed by atoms with E-state index in [0.29, 0.717) is 5.01 Å². The number of aromatic nitrogens is 1. The second-order valence-corrected chi connectivity index (χ2v) is 6.30. The van der Waals surface area contributed by atoms with Crippen LogP contribution in [0, 0.1) is 0 Å². The van der Waals surface area contributed by atoms with Crippen molar-refractivity contribution in [3.05, 3.63) is 70.0 Å². The molecule has 4 rings (SSSR count). The molecule has 23 heavy (non-hydrogen) atoms. The first-order chi connectivity index (χ1) is 11.3. The molecule has 1 aliphatic rings. The molecule has 2 aromatic carbocycles. The number of thiazole rings is 1. The van der Waals surface area contributed by atoms with Gasteiger partial charge in [0.05, 0.1) is 5.69 Å². The maximum absolute atomic E-state index is 12.4. The average Bonchev–Trinajstić information content (AvgIpc) is 3.24. The molecule has 0 radical (unpaired) electrons. The third kappa shape index (κ3) is 2.88. The van der Waals surface area contributed by atoms with Gasteiger partial charge in [0.2, 0.25) is 0 Å². The largest absolute Gasteiger partial charge is 0.320 e. The van der Waals surface area contributed by atoms with Crippen molar-refractivity contribution in [3.8, 4) is 11.3 Å². The molecule has 0 bridgehead atoms. The van der Waals surface area contributed by atoms with E-state index < -0.39 is 0 Å². The molecule has 5 heteroatoms. The second-order valence-electron chi connectivity index (χ2n) is 5.45. The number of hydrogen-bond acceptors (Lipinski definition) is 4. The van der Waals surface area contributed by atoms with Crippen molar-refractivity contribution in [1.82, 2.24) is 10.3 Å². The summed E-state index contributed by atoms with van der Waals surface area (Å²) in [4.78, 5) is 16.8. The Hall–Kier alpha value is -2.50. The van der Waals surface area contributed by atoms with Crippen LogP contribution in [-0.4, -0.2) is 10.9 Å². The van der Waals surface area contributed by atoms with Crippen LogP contribution in [0.4, 0.5) is 5.69 Å². The number of hydrogen-bond donors (Lipinski definition) is 2. The normalized spacial score (nSPS) is 12.9. The third-order valence-corrected chi connectivity index (χ3v) is 4.70. The minimum atomic E-state index is -0.164. The van der Waals surface area contributed by atoms with Crippen LogP contribution in [0.3, 0.4) is 0 Å².